The summed E-state index contributed by atoms with van der Waals surface area (Å²) in [6.07, 6.45) is 4.56. The molecule has 1 amide bonds. The highest BCUT2D eigenvalue weighted by atomic mass is 16.4. The second kappa shape index (κ2) is 7.91. The van der Waals surface area contributed by atoms with E-state index in [1.165, 1.54) is 6.08 Å². The molecule has 0 heterocycles. The van der Waals surface area contributed by atoms with E-state index in [2.05, 4.69) is 18.8 Å². The maximum absolute atomic E-state index is 11.6. The average molecular weight is 227 g/mol. The molecule has 0 aromatic rings. The van der Waals surface area contributed by atoms with Crippen molar-refractivity contribution in [1.82, 2.24) is 5.32 Å². The first-order chi connectivity index (χ1) is 7.52. The molecule has 2 atom stereocenters. The lowest BCUT2D eigenvalue weighted by molar-refractivity contribution is -0.142. The highest BCUT2D eigenvalue weighted by molar-refractivity contribution is 5.84. The molecule has 0 unspecified atom stereocenters. The Morgan fingerprint density at radius 1 is 1.50 bits per heavy atom. The van der Waals surface area contributed by atoms with E-state index in [9.17, 15) is 9.59 Å². The fraction of sp³-hybridized carbons (Fsp3) is 0.667. The molecule has 0 fully saturated rings. The molecule has 0 aliphatic rings. The summed E-state index contributed by atoms with van der Waals surface area (Å²) < 4.78 is 0. The molecule has 4 nitrogen and oxygen atoms in total. The van der Waals surface area contributed by atoms with E-state index < -0.39 is 12.0 Å². The van der Waals surface area contributed by atoms with Crippen molar-refractivity contribution in [3.8, 4) is 0 Å². The molecule has 0 aliphatic carbocycles. The van der Waals surface area contributed by atoms with E-state index >= 15 is 0 Å². The predicted molar refractivity (Wildman–Crippen MR) is 63.1 cm³/mol. The number of carbonyl (C=O) groups excluding carboxylic acids is 1. The van der Waals surface area contributed by atoms with Crippen molar-refractivity contribution in [3.63, 3.8) is 0 Å². The minimum atomic E-state index is -1.02. The van der Waals surface area contributed by atoms with Gasteiger partial charge in [0.05, 0.1) is 0 Å². The minimum absolute atomic E-state index is 0.133. The lowest BCUT2D eigenvalue weighted by atomic mass is 10.0. The molecule has 0 saturated carbocycles. The Hall–Kier alpha value is -1.32. The van der Waals surface area contributed by atoms with Crippen LogP contribution in [0.25, 0.3) is 0 Å². The lowest BCUT2D eigenvalue weighted by Crippen LogP contribution is -2.42. The van der Waals surface area contributed by atoms with Crippen LogP contribution in [0.1, 0.15) is 39.5 Å². The molecule has 92 valence electrons. The number of carboxylic acids is 1. The molecule has 4 heteroatoms. The summed E-state index contributed by atoms with van der Waals surface area (Å²) in [7, 11) is 0. The van der Waals surface area contributed by atoms with Crippen LogP contribution in [0.2, 0.25) is 0 Å². The van der Waals surface area contributed by atoms with Crippen molar-refractivity contribution in [2.24, 2.45) is 5.92 Å². The standard InChI is InChI=1S/C12H21NO3/c1-4-6-8-9(3)11(14)13-10(7-5-2)12(15)16/h5,9-10H,2,4,6-8H2,1,3H3,(H,13,14)(H,15,16)/t9-,10+/m1/s1. The van der Waals surface area contributed by atoms with Crippen molar-refractivity contribution in [1.29, 1.82) is 0 Å². The Morgan fingerprint density at radius 3 is 2.56 bits per heavy atom. The SMILES string of the molecule is C=CC[C@H](NC(=O)[C@H](C)CCCC)C(=O)O. The lowest BCUT2D eigenvalue weighted by Gasteiger charge is -2.16. The predicted octanol–water partition coefficient (Wildman–Crippen LogP) is 1.96. The Bertz CT molecular complexity index is 251. The monoisotopic (exact) mass is 227 g/mol. The van der Waals surface area contributed by atoms with E-state index in [1.807, 2.05) is 6.92 Å². The normalized spacial score (nSPS) is 13.9. The van der Waals surface area contributed by atoms with Crippen LogP contribution in [0.3, 0.4) is 0 Å². The van der Waals surface area contributed by atoms with Crippen LogP contribution in [0, 0.1) is 5.92 Å². The molecule has 0 rings (SSSR count). The van der Waals surface area contributed by atoms with Gasteiger partial charge < -0.3 is 10.4 Å². The van der Waals surface area contributed by atoms with Crippen LogP contribution in [-0.2, 0) is 9.59 Å². The number of amides is 1. The van der Waals surface area contributed by atoms with Crippen LogP contribution in [-0.4, -0.2) is 23.0 Å². The van der Waals surface area contributed by atoms with Gasteiger partial charge in [0.15, 0.2) is 0 Å². The third kappa shape index (κ3) is 5.53. The summed E-state index contributed by atoms with van der Waals surface area (Å²) in [6.45, 7) is 7.35. The molecular weight excluding hydrogens is 206 g/mol. The molecule has 0 saturated heterocycles. The van der Waals surface area contributed by atoms with Gasteiger partial charge in [0.1, 0.15) is 6.04 Å². The first-order valence-electron chi connectivity index (χ1n) is 5.67. The summed E-state index contributed by atoms with van der Waals surface area (Å²) in [5.74, 6) is -1.34. The van der Waals surface area contributed by atoms with Crippen LogP contribution in [0.15, 0.2) is 12.7 Å². The molecule has 2 N–H and O–H groups in total. The number of hydrogen-bond acceptors (Lipinski definition) is 2. The number of carbonyl (C=O) groups is 2. The minimum Gasteiger partial charge on any atom is -0.480 e. The number of nitrogens with one attached hydrogen (secondary N) is 1. The van der Waals surface area contributed by atoms with E-state index in [-0.39, 0.29) is 18.2 Å². The van der Waals surface area contributed by atoms with E-state index in [0.717, 1.165) is 19.3 Å². The first-order valence-corrected chi connectivity index (χ1v) is 5.67. The van der Waals surface area contributed by atoms with Crippen LogP contribution < -0.4 is 5.32 Å². The Morgan fingerprint density at radius 2 is 2.12 bits per heavy atom. The maximum Gasteiger partial charge on any atom is 0.326 e. The summed E-state index contributed by atoms with van der Waals surface area (Å²) in [5, 5.41) is 11.4. The smallest absolute Gasteiger partial charge is 0.326 e. The number of rotatable bonds is 8. The van der Waals surface area contributed by atoms with Gasteiger partial charge in [-0.2, -0.15) is 0 Å². The third-order valence-electron chi connectivity index (χ3n) is 2.46. The number of unbranched alkanes of at least 4 members (excludes halogenated alkanes) is 1. The van der Waals surface area contributed by atoms with Crippen molar-refractivity contribution in [2.45, 2.75) is 45.6 Å². The van der Waals surface area contributed by atoms with Gasteiger partial charge in [-0.25, -0.2) is 4.79 Å². The zero-order valence-electron chi connectivity index (χ0n) is 10.0. The molecule has 16 heavy (non-hydrogen) atoms. The molecule has 0 aromatic heterocycles. The van der Waals surface area contributed by atoms with Gasteiger partial charge >= 0.3 is 5.97 Å². The van der Waals surface area contributed by atoms with Crippen molar-refractivity contribution in [2.75, 3.05) is 0 Å². The highest BCUT2D eigenvalue weighted by Crippen LogP contribution is 2.08. The topological polar surface area (TPSA) is 66.4 Å². The van der Waals surface area contributed by atoms with Crippen LogP contribution in [0.5, 0.6) is 0 Å². The first kappa shape index (κ1) is 14.7. The second-order valence-corrected chi connectivity index (χ2v) is 3.97. The van der Waals surface area contributed by atoms with Gasteiger partial charge in [-0.05, 0) is 12.8 Å². The maximum atomic E-state index is 11.6. The zero-order valence-corrected chi connectivity index (χ0v) is 10.0. The molecule has 0 spiro atoms. The van der Waals surface area contributed by atoms with Crippen LogP contribution >= 0.6 is 0 Å². The average Bonchev–Trinajstić information content (AvgIpc) is 2.24. The van der Waals surface area contributed by atoms with Gasteiger partial charge in [0, 0.05) is 5.92 Å². The highest BCUT2D eigenvalue weighted by Gasteiger charge is 2.21. The fourth-order valence-corrected chi connectivity index (χ4v) is 1.34. The Balaban J connectivity index is 4.17. The van der Waals surface area contributed by atoms with Gasteiger partial charge in [-0.1, -0.05) is 32.8 Å². The van der Waals surface area contributed by atoms with Gasteiger partial charge in [-0.3, -0.25) is 4.79 Å². The Kier molecular flexibility index (Phi) is 7.25. The molecular formula is C12H21NO3. The zero-order chi connectivity index (χ0) is 12.6. The van der Waals surface area contributed by atoms with Crippen LogP contribution in [0.4, 0.5) is 0 Å². The van der Waals surface area contributed by atoms with Crippen molar-refractivity contribution < 1.29 is 14.7 Å². The summed E-state index contributed by atoms with van der Waals surface area (Å²) in [5.41, 5.74) is 0. The van der Waals surface area contributed by atoms with Gasteiger partial charge in [0.25, 0.3) is 0 Å². The Labute approximate surface area is 96.7 Å². The van der Waals surface area contributed by atoms with Crippen molar-refractivity contribution in [3.05, 3.63) is 12.7 Å². The molecule has 0 bridgehead atoms. The summed E-state index contributed by atoms with van der Waals surface area (Å²) in [6, 6.07) is -0.853. The number of hydrogen-bond donors (Lipinski definition) is 2. The fourth-order valence-electron chi connectivity index (χ4n) is 1.34. The molecule has 0 aliphatic heterocycles. The number of carboxylic acid groups (broad SMARTS) is 1. The van der Waals surface area contributed by atoms with E-state index in [4.69, 9.17) is 5.11 Å². The van der Waals surface area contributed by atoms with Gasteiger partial charge in [0.2, 0.25) is 5.91 Å². The quantitative estimate of drug-likeness (QED) is 0.623. The van der Waals surface area contributed by atoms with Gasteiger partial charge in [-0.15, -0.1) is 6.58 Å². The van der Waals surface area contributed by atoms with E-state index in [1.54, 1.807) is 0 Å². The third-order valence-corrected chi connectivity index (χ3v) is 2.46. The van der Waals surface area contributed by atoms with Crippen molar-refractivity contribution >= 4 is 11.9 Å². The molecule has 0 radical (unpaired) electrons. The summed E-state index contributed by atoms with van der Waals surface area (Å²) in [4.78, 5) is 22.4. The largest absolute Gasteiger partial charge is 0.480 e. The second-order valence-electron chi connectivity index (χ2n) is 3.97. The summed E-state index contributed by atoms with van der Waals surface area (Å²) >= 11 is 0. The number of aliphatic carboxylic acids is 1. The molecule has 0 aromatic carbocycles. The van der Waals surface area contributed by atoms with E-state index in [0.29, 0.717) is 0 Å².